The third-order valence-electron chi connectivity index (χ3n) is 11.5. The summed E-state index contributed by atoms with van der Waals surface area (Å²) in [5.41, 5.74) is 10.0. The molecule has 58 heavy (non-hydrogen) atoms. The Kier molecular flexibility index (Phi) is 8.48. The number of fused-ring (bicyclic) bond motifs is 7. The molecule has 2 aromatic heterocycles. The maximum absolute atomic E-state index is 6.65. The number of benzene rings is 8. The van der Waals surface area contributed by atoms with Crippen LogP contribution < -0.4 is 20.2 Å². The van der Waals surface area contributed by atoms with E-state index in [-0.39, 0.29) is 0 Å². The fourth-order valence-electron chi connectivity index (χ4n) is 8.32. The molecule has 0 saturated heterocycles. The zero-order valence-electron chi connectivity index (χ0n) is 33.9. The number of para-hydroxylation sites is 2. The van der Waals surface area contributed by atoms with Crippen molar-refractivity contribution < 1.29 is 8.83 Å². The average molecular weight is 787 g/mol. The molecular weight excluding hydrogens is 741 g/mol. The molecule has 0 radical (unpaired) electrons. The van der Waals surface area contributed by atoms with Gasteiger partial charge in [-0.1, -0.05) is 110 Å². The highest BCUT2D eigenvalue weighted by Gasteiger charge is 2.21. The summed E-state index contributed by atoms with van der Waals surface area (Å²) in [6.45, 7) is 14.3. The number of hydrogen-bond donors (Lipinski definition) is 0. The van der Waals surface area contributed by atoms with Crippen molar-refractivity contribution in [3.63, 3.8) is 0 Å². The first-order chi connectivity index (χ1) is 28.0. The van der Waals surface area contributed by atoms with Crippen LogP contribution in [0, 0.1) is 0 Å². The van der Waals surface area contributed by atoms with E-state index in [0.717, 1.165) is 88.8 Å². The minimum Gasteiger partial charge on any atom is -0.456 e. The maximum atomic E-state index is 6.65. The van der Waals surface area contributed by atoms with Crippen molar-refractivity contribution in [3.05, 3.63) is 170 Å². The molecule has 0 aliphatic rings. The monoisotopic (exact) mass is 786 g/mol. The number of hydrogen-bond acceptors (Lipinski definition) is 4. The summed E-state index contributed by atoms with van der Waals surface area (Å²) in [4.78, 5) is 4.62. The number of furan rings is 2. The molecule has 0 aliphatic carbocycles. The number of rotatable bonds is 8. The zero-order chi connectivity index (χ0) is 39.8. The van der Waals surface area contributed by atoms with Crippen molar-refractivity contribution in [3.8, 4) is 0 Å². The Morgan fingerprint density at radius 3 is 1.02 bits per heavy atom. The van der Waals surface area contributed by atoms with Crippen molar-refractivity contribution in [2.75, 3.05) is 9.80 Å². The molecular formula is C52H46N2O2Si2. The van der Waals surface area contributed by atoms with E-state index in [2.05, 4.69) is 219 Å². The van der Waals surface area contributed by atoms with E-state index >= 15 is 0 Å². The van der Waals surface area contributed by atoms with E-state index in [1.165, 1.54) is 10.4 Å². The summed E-state index contributed by atoms with van der Waals surface area (Å²) >= 11 is 0. The molecule has 0 fully saturated rings. The highest BCUT2D eigenvalue weighted by atomic mass is 28.3. The first-order valence-corrected chi connectivity index (χ1v) is 27.2. The Bertz CT molecular complexity index is 2910. The summed E-state index contributed by atoms with van der Waals surface area (Å²) in [6.07, 6.45) is 0. The smallest absolute Gasteiger partial charge is 0.137 e. The van der Waals surface area contributed by atoms with Gasteiger partial charge in [-0.05, 0) is 108 Å². The van der Waals surface area contributed by atoms with Crippen LogP contribution in [0.15, 0.2) is 179 Å². The molecule has 0 N–H and O–H groups in total. The Morgan fingerprint density at radius 1 is 0.310 bits per heavy atom. The van der Waals surface area contributed by atoms with Crippen LogP contribution in [0.3, 0.4) is 0 Å². The predicted molar refractivity (Wildman–Crippen MR) is 254 cm³/mol. The van der Waals surface area contributed by atoms with E-state index < -0.39 is 16.1 Å². The molecule has 0 saturated carbocycles. The van der Waals surface area contributed by atoms with Gasteiger partial charge in [-0.15, -0.1) is 0 Å². The lowest BCUT2D eigenvalue weighted by Crippen LogP contribution is -2.37. The van der Waals surface area contributed by atoms with Gasteiger partial charge in [-0.3, -0.25) is 0 Å². The normalized spacial score (nSPS) is 12.3. The van der Waals surface area contributed by atoms with Gasteiger partial charge in [-0.25, -0.2) is 0 Å². The van der Waals surface area contributed by atoms with Crippen LogP contribution >= 0.6 is 0 Å². The van der Waals surface area contributed by atoms with Crippen LogP contribution in [0.25, 0.3) is 54.6 Å². The standard InChI is InChI=1S/C52H46N2O2Si2/c1-57(2,3)43-23-17-39(18-24-43)53(37-13-9-7-10-14-37)41-21-27-45-47-29-35-30-48-46-28-22-42(34-52(46)56-50(48)32-36(35)31-49(47)55-51(45)33-41)54(38-15-11-8-12-16-38)40-19-25-44(26-20-40)58(4,5)6/h7-34H,1-6H3. The summed E-state index contributed by atoms with van der Waals surface area (Å²) in [5, 5.41) is 9.54. The number of nitrogens with zero attached hydrogens (tertiary/aromatic N) is 2. The van der Waals surface area contributed by atoms with Crippen LogP contribution in [-0.4, -0.2) is 16.1 Å². The fourth-order valence-corrected chi connectivity index (χ4v) is 10.7. The van der Waals surface area contributed by atoms with Gasteiger partial charge in [0.05, 0.1) is 16.1 Å². The highest BCUT2D eigenvalue weighted by molar-refractivity contribution is 6.89. The van der Waals surface area contributed by atoms with Crippen LogP contribution in [0.5, 0.6) is 0 Å². The molecule has 0 unspecified atom stereocenters. The van der Waals surface area contributed by atoms with Gasteiger partial charge in [-0.2, -0.15) is 0 Å². The lowest BCUT2D eigenvalue weighted by atomic mass is 10.0. The zero-order valence-corrected chi connectivity index (χ0v) is 35.9. The molecule has 0 bridgehead atoms. The minimum absolute atomic E-state index is 0.863. The molecule has 0 amide bonds. The molecule has 284 valence electrons. The third-order valence-corrected chi connectivity index (χ3v) is 15.6. The number of anilines is 6. The van der Waals surface area contributed by atoms with E-state index in [4.69, 9.17) is 8.83 Å². The van der Waals surface area contributed by atoms with Crippen molar-refractivity contribution in [2.45, 2.75) is 39.3 Å². The second-order valence-electron chi connectivity index (χ2n) is 17.5. The molecule has 6 heteroatoms. The summed E-state index contributed by atoms with van der Waals surface area (Å²) in [6, 6.07) is 61.4. The maximum Gasteiger partial charge on any atom is 0.137 e. The summed E-state index contributed by atoms with van der Waals surface area (Å²) in [7, 11) is -2.86. The second kappa shape index (κ2) is 13.6. The molecule has 0 atom stereocenters. The van der Waals surface area contributed by atoms with Gasteiger partial charge >= 0.3 is 0 Å². The van der Waals surface area contributed by atoms with Crippen LogP contribution in [0.1, 0.15) is 0 Å². The van der Waals surface area contributed by atoms with Crippen molar-refractivity contribution in [2.24, 2.45) is 0 Å². The molecule has 8 aromatic carbocycles. The molecule has 2 heterocycles. The Labute approximate surface area is 341 Å². The van der Waals surface area contributed by atoms with Crippen LogP contribution in [0.4, 0.5) is 34.1 Å². The lowest BCUT2D eigenvalue weighted by Gasteiger charge is -2.26. The molecule has 10 aromatic rings. The first kappa shape index (κ1) is 36.0. The van der Waals surface area contributed by atoms with Crippen molar-refractivity contribution in [1.29, 1.82) is 0 Å². The van der Waals surface area contributed by atoms with E-state index in [0.29, 0.717) is 0 Å². The largest absolute Gasteiger partial charge is 0.456 e. The van der Waals surface area contributed by atoms with E-state index in [1.807, 2.05) is 0 Å². The third kappa shape index (κ3) is 6.39. The van der Waals surface area contributed by atoms with Gasteiger partial charge in [0.2, 0.25) is 0 Å². The van der Waals surface area contributed by atoms with Crippen LogP contribution in [0.2, 0.25) is 39.3 Å². The Morgan fingerprint density at radius 2 is 0.638 bits per heavy atom. The minimum atomic E-state index is -1.43. The molecule has 0 spiro atoms. The second-order valence-corrected chi connectivity index (χ2v) is 27.7. The molecule has 10 rings (SSSR count). The molecule has 4 nitrogen and oxygen atoms in total. The van der Waals surface area contributed by atoms with Gasteiger partial charge in [0.15, 0.2) is 0 Å². The first-order valence-electron chi connectivity index (χ1n) is 20.2. The van der Waals surface area contributed by atoms with Crippen LogP contribution in [-0.2, 0) is 0 Å². The van der Waals surface area contributed by atoms with E-state index in [1.54, 1.807) is 0 Å². The Balaban J connectivity index is 1.04. The average Bonchev–Trinajstić information content (AvgIpc) is 3.76. The van der Waals surface area contributed by atoms with Gasteiger partial charge < -0.3 is 18.6 Å². The summed E-state index contributed by atoms with van der Waals surface area (Å²) < 4.78 is 13.3. The molecule has 0 aliphatic heterocycles. The van der Waals surface area contributed by atoms with Crippen molar-refractivity contribution in [1.82, 2.24) is 0 Å². The summed E-state index contributed by atoms with van der Waals surface area (Å²) in [5.74, 6) is 0. The van der Waals surface area contributed by atoms with Gasteiger partial charge in [0, 0.05) is 67.8 Å². The lowest BCUT2D eigenvalue weighted by molar-refractivity contribution is 0.668. The van der Waals surface area contributed by atoms with Gasteiger partial charge in [0.1, 0.15) is 22.3 Å². The van der Waals surface area contributed by atoms with E-state index in [9.17, 15) is 0 Å². The topological polar surface area (TPSA) is 32.8 Å². The SMILES string of the molecule is C[Si](C)(C)c1ccc(N(c2ccccc2)c2ccc3c(c2)oc2cc4cc5oc6cc(N(c7ccccc7)c7ccc([Si](C)(C)C)cc7)ccc6c5cc4cc23)cc1. The van der Waals surface area contributed by atoms with Crippen molar-refractivity contribution >= 4 is 115 Å². The highest BCUT2D eigenvalue weighted by Crippen LogP contribution is 2.42. The Hall–Kier alpha value is -6.35. The fraction of sp³-hybridized carbons (Fsp3) is 0.115. The predicted octanol–water partition coefficient (Wildman–Crippen LogP) is 14.7. The van der Waals surface area contributed by atoms with Gasteiger partial charge in [0.25, 0.3) is 0 Å². The quantitative estimate of drug-likeness (QED) is 0.144.